The molecule has 1 saturated heterocycles. The minimum Gasteiger partial charge on any atom is -0.340 e. The second-order valence-corrected chi connectivity index (χ2v) is 8.19. The van der Waals surface area contributed by atoms with E-state index in [-0.39, 0.29) is 29.2 Å². The molecule has 1 aliphatic rings. The van der Waals surface area contributed by atoms with Gasteiger partial charge in [-0.2, -0.15) is 0 Å². The van der Waals surface area contributed by atoms with Crippen molar-refractivity contribution >= 4 is 27.4 Å². The van der Waals surface area contributed by atoms with Gasteiger partial charge in [0.15, 0.2) is 9.84 Å². The molecule has 138 valence electrons. The summed E-state index contributed by atoms with van der Waals surface area (Å²) < 4.78 is 50.5. The number of nitrogens with zero attached hydrogens (tertiary/aromatic N) is 3. The first-order chi connectivity index (χ1) is 12.3. The van der Waals surface area contributed by atoms with Crippen molar-refractivity contribution < 1.29 is 22.0 Å². The second-order valence-electron chi connectivity index (χ2n) is 5.96. The lowest BCUT2D eigenvalue weighted by molar-refractivity contribution is 0.102. The van der Waals surface area contributed by atoms with Gasteiger partial charge in [0.25, 0.3) is 5.91 Å². The van der Waals surface area contributed by atoms with E-state index in [4.69, 9.17) is 0 Å². The Morgan fingerprint density at radius 2 is 1.96 bits per heavy atom. The van der Waals surface area contributed by atoms with E-state index >= 15 is 0 Å². The Morgan fingerprint density at radius 3 is 2.58 bits per heavy atom. The highest BCUT2D eigenvalue weighted by molar-refractivity contribution is 7.91. The highest BCUT2D eigenvalue weighted by atomic mass is 32.2. The standard InChI is InChI=1S/C16H16F2N4O3S/c1-22(10-6-8-26(24,25)9-10)16-19-7-5-13(20-16)15(23)21-14-11(17)3-2-4-12(14)18/h2-5,7,10H,6,8-9H2,1H3,(H,21,23). The minimum absolute atomic E-state index is 0.0102. The van der Waals surface area contributed by atoms with Gasteiger partial charge in [0.2, 0.25) is 5.95 Å². The van der Waals surface area contributed by atoms with Gasteiger partial charge in [0.05, 0.1) is 11.5 Å². The summed E-state index contributed by atoms with van der Waals surface area (Å²) in [5.74, 6) is -2.36. The first-order valence-electron chi connectivity index (χ1n) is 7.78. The van der Waals surface area contributed by atoms with Crippen LogP contribution in [-0.4, -0.2) is 48.9 Å². The molecule has 1 aromatic carbocycles. The number of nitrogens with one attached hydrogen (secondary N) is 1. The summed E-state index contributed by atoms with van der Waals surface area (Å²) in [5, 5.41) is 2.15. The number of hydrogen-bond donors (Lipinski definition) is 1. The van der Waals surface area contributed by atoms with Crippen LogP contribution in [0.15, 0.2) is 30.5 Å². The number of rotatable bonds is 4. The molecule has 1 aliphatic heterocycles. The molecule has 1 aromatic heterocycles. The maximum atomic E-state index is 13.7. The van der Waals surface area contributed by atoms with Gasteiger partial charge >= 0.3 is 0 Å². The number of halogens is 2. The van der Waals surface area contributed by atoms with Crippen LogP contribution in [0, 0.1) is 11.6 Å². The van der Waals surface area contributed by atoms with Gasteiger partial charge in [0.1, 0.15) is 23.0 Å². The molecule has 10 heteroatoms. The van der Waals surface area contributed by atoms with Gasteiger partial charge in [-0.3, -0.25) is 4.79 Å². The molecular weight excluding hydrogens is 366 g/mol. The van der Waals surface area contributed by atoms with Crippen LogP contribution in [0.4, 0.5) is 20.4 Å². The lowest BCUT2D eigenvalue weighted by Gasteiger charge is -2.23. The normalized spacial score (nSPS) is 18.5. The van der Waals surface area contributed by atoms with Crippen molar-refractivity contribution in [3.63, 3.8) is 0 Å². The van der Waals surface area contributed by atoms with Gasteiger partial charge in [-0.15, -0.1) is 0 Å². The molecule has 3 rings (SSSR count). The molecule has 7 nitrogen and oxygen atoms in total. The van der Waals surface area contributed by atoms with Gasteiger partial charge in [-0.1, -0.05) is 6.07 Å². The molecule has 0 saturated carbocycles. The van der Waals surface area contributed by atoms with E-state index < -0.39 is 33.1 Å². The zero-order valence-electron chi connectivity index (χ0n) is 13.8. The zero-order chi connectivity index (χ0) is 18.9. The third-order valence-electron chi connectivity index (χ3n) is 4.15. The van der Waals surface area contributed by atoms with Gasteiger partial charge in [0, 0.05) is 19.3 Å². The predicted octanol–water partition coefficient (Wildman–Crippen LogP) is 1.63. The highest BCUT2D eigenvalue weighted by Crippen LogP contribution is 2.21. The van der Waals surface area contributed by atoms with E-state index in [0.717, 1.165) is 12.1 Å². The Kier molecular flexibility index (Phi) is 4.86. The lowest BCUT2D eigenvalue weighted by atomic mass is 10.2. The fourth-order valence-corrected chi connectivity index (χ4v) is 4.46. The van der Waals surface area contributed by atoms with Crippen LogP contribution >= 0.6 is 0 Å². The van der Waals surface area contributed by atoms with Crippen LogP contribution in [0.25, 0.3) is 0 Å². The number of carbonyl (C=O) groups is 1. The van der Waals surface area contributed by atoms with E-state index in [9.17, 15) is 22.0 Å². The quantitative estimate of drug-likeness (QED) is 0.864. The average Bonchev–Trinajstić information content (AvgIpc) is 2.97. The van der Waals surface area contributed by atoms with Crippen LogP contribution in [0.3, 0.4) is 0 Å². The second kappa shape index (κ2) is 6.94. The number of benzene rings is 1. The molecule has 1 fully saturated rings. The summed E-state index contributed by atoms with van der Waals surface area (Å²) in [4.78, 5) is 22.0. The van der Waals surface area contributed by atoms with E-state index in [1.54, 1.807) is 11.9 Å². The smallest absolute Gasteiger partial charge is 0.274 e. The molecule has 2 aromatic rings. The summed E-state index contributed by atoms with van der Waals surface area (Å²) in [5.41, 5.74) is -0.654. The molecular formula is C16H16F2N4O3S. The van der Waals surface area contributed by atoms with E-state index in [1.807, 2.05) is 0 Å². The van der Waals surface area contributed by atoms with Crippen molar-refractivity contribution in [2.24, 2.45) is 0 Å². The lowest BCUT2D eigenvalue weighted by Crippen LogP contribution is -2.34. The fourth-order valence-electron chi connectivity index (χ4n) is 2.68. The molecule has 1 amide bonds. The van der Waals surface area contributed by atoms with Gasteiger partial charge in [-0.25, -0.2) is 27.2 Å². The zero-order valence-corrected chi connectivity index (χ0v) is 14.6. The largest absolute Gasteiger partial charge is 0.340 e. The molecule has 0 spiro atoms. The number of aromatic nitrogens is 2. The highest BCUT2D eigenvalue weighted by Gasteiger charge is 2.32. The Morgan fingerprint density at radius 1 is 1.27 bits per heavy atom. The summed E-state index contributed by atoms with van der Waals surface area (Å²) in [7, 11) is -1.45. The molecule has 26 heavy (non-hydrogen) atoms. The molecule has 2 heterocycles. The Bertz CT molecular complexity index is 932. The van der Waals surface area contributed by atoms with E-state index in [0.29, 0.717) is 6.42 Å². The minimum atomic E-state index is -3.09. The monoisotopic (exact) mass is 382 g/mol. The molecule has 1 N–H and O–H groups in total. The summed E-state index contributed by atoms with van der Waals surface area (Å²) in [6.07, 6.45) is 1.77. The van der Waals surface area contributed by atoms with Crippen molar-refractivity contribution in [2.45, 2.75) is 12.5 Å². The molecule has 1 unspecified atom stereocenters. The molecule has 0 radical (unpaired) electrons. The van der Waals surface area contributed by atoms with E-state index in [1.165, 1.54) is 18.3 Å². The molecule has 1 atom stereocenters. The van der Waals surface area contributed by atoms with Crippen LogP contribution in [-0.2, 0) is 9.84 Å². The summed E-state index contributed by atoms with van der Waals surface area (Å²) in [6.45, 7) is 0. The average molecular weight is 382 g/mol. The van der Waals surface area contributed by atoms with Crippen LogP contribution in [0.5, 0.6) is 0 Å². The number of hydrogen-bond acceptors (Lipinski definition) is 6. The molecule has 0 aliphatic carbocycles. The number of para-hydroxylation sites is 1. The van der Waals surface area contributed by atoms with Gasteiger partial charge < -0.3 is 10.2 Å². The first-order valence-corrected chi connectivity index (χ1v) is 9.60. The van der Waals surface area contributed by atoms with Crippen molar-refractivity contribution in [3.05, 3.63) is 47.8 Å². The van der Waals surface area contributed by atoms with Crippen molar-refractivity contribution in [3.8, 4) is 0 Å². The number of anilines is 2. The predicted molar refractivity (Wildman–Crippen MR) is 91.8 cm³/mol. The maximum Gasteiger partial charge on any atom is 0.274 e. The van der Waals surface area contributed by atoms with Crippen LogP contribution < -0.4 is 10.2 Å². The first kappa shape index (κ1) is 18.2. The Labute approximate surface area is 149 Å². The van der Waals surface area contributed by atoms with Crippen LogP contribution in [0.1, 0.15) is 16.9 Å². The van der Waals surface area contributed by atoms with Crippen molar-refractivity contribution in [2.75, 3.05) is 28.8 Å². The summed E-state index contributed by atoms with van der Waals surface area (Å²) in [6, 6.07) is 4.25. The van der Waals surface area contributed by atoms with Crippen molar-refractivity contribution in [1.29, 1.82) is 0 Å². The third-order valence-corrected chi connectivity index (χ3v) is 5.90. The van der Waals surface area contributed by atoms with Gasteiger partial charge in [-0.05, 0) is 24.6 Å². The number of sulfone groups is 1. The maximum absolute atomic E-state index is 13.7. The SMILES string of the molecule is CN(c1nccc(C(=O)Nc2c(F)cccc2F)n1)C1CCS(=O)(=O)C1. The van der Waals surface area contributed by atoms with Crippen LogP contribution in [0.2, 0.25) is 0 Å². The fraction of sp³-hybridized carbons (Fsp3) is 0.312. The van der Waals surface area contributed by atoms with Crippen molar-refractivity contribution in [1.82, 2.24) is 9.97 Å². The third kappa shape index (κ3) is 3.79. The number of amides is 1. The molecule has 0 bridgehead atoms. The summed E-state index contributed by atoms with van der Waals surface area (Å²) >= 11 is 0. The Balaban J connectivity index is 1.80. The van der Waals surface area contributed by atoms with E-state index in [2.05, 4.69) is 15.3 Å². The Hall–Kier alpha value is -2.62. The topological polar surface area (TPSA) is 92.3 Å². The number of carbonyl (C=O) groups excluding carboxylic acids is 1.